The van der Waals surface area contributed by atoms with Crippen LogP contribution in [0.5, 0.6) is 5.75 Å². The van der Waals surface area contributed by atoms with E-state index in [-0.39, 0.29) is 0 Å². The molecule has 0 radical (unpaired) electrons. The molecule has 2 aromatic rings. The largest absolute Gasteiger partial charge is 0.497 e. The van der Waals surface area contributed by atoms with Crippen LogP contribution in [0.1, 0.15) is 5.56 Å². The lowest BCUT2D eigenvalue weighted by molar-refractivity contribution is 0.414. The number of rotatable bonds is 3. The topological polar surface area (TPSA) is 60.2 Å². The zero-order valence-corrected chi connectivity index (χ0v) is 9.90. The lowest BCUT2D eigenvalue weighted by Gasteiger charge is -2.11. The first-order valence-corrected chi connectivity index (χ1v) is 5.33. The zero-order chi connectivity index (χ0) is 12.3. The molecule has 0 bridgehead atoms. The van der Waals surface area contributed by atoms with Crippen molar-refractivity contribution in [1.29, 1.82) is 0 Å². The third-order valence-corrected chi connectivity index (χ3v) is 2.53. The number of nitrogens with zero attached hydrogens (tertiary/aromatic N) is 1. The maximum atomic E-state index is 5.82. The van der Waals surface area contributed by atoms with Crippen LogP contribution in [0, 0.1) is 6.92 Å². The molecular weight excluding hydrogens is 214 g/mol. The van der Waals surface area contributed by atoms with Crippen LogP contribution in [-0.2, 0) is 0 Å². The van der Waals surface area contributed by atoms with Gasteiger partial charge in [0.05, 0.1) is 12.8 Å². The lowest BCUT2D eigenvalue weighted by atomic mass is 10.2. The van der Waals surface area contributed by atoms with Crippen LogP contribution in [0.25, 0.3) is 0 Å². The molecule has 0 saturated carbocycles. The normalized spacial score (nSPS) is 10.0. The number of nitrogen functional groups attached to an aromatic ring is 1. The Balaban J connectivity index is 2.28. The molecule has 1 heterocycles. The molecule has 3 N–H and O–H groups in total. The van der Waals surface area contributed by atoms with Crippen molar-refractivity contribution in [2.24, 2.45) is 0 Å². The van der Waals surface area contributed by atoms with E-state index in [4.69, 9.17) is 10.5 Å². The Morgan fingerprint density at radius 3 is 2.76 bits per heavy atom. The van der Waals surface area contributed by atoms with Crippen LogP contribution < -0.4 is 15.8 Å². The summed E-state index contributed by atoms with van der Waals surface area (Å²) in [5.41, 5.74) is 8.50. The first kappa shape index (κ1) is 11.3. The minimum atomic E-state index is 0.628. The number of nitrogens with two attached hydrogens (primary N) is 1. The van der Waals surface area contributed by atoms with E-state index in [2.05, 4.69) is 10.3 Å². The van der Waals surface area contributed by atoms with Gasteiger partial charge in [0.1, 0.15) is 5.75 Å². The number of ether oxygens (including phenoxy) is 1. The fourth-order valence-electron chi connectivity index (χ4n) is 1.55. The summed E-state index contributed by atoms with van der Waals surface area (Å²) < 4.78 is 5.16. The van der Waals surface area contributed by atoms with Gasteiger partial charge >= 0.3 is 0 Å². The van der Waals surface area contributed by atoms with Gasteiger partial charge in [-0.25, -0.2) is 4.98 Å². The molecule has 1 aromatic carbocycles. The van der Waals surface area contributed by atoms with Crippen LogP contribution in [-0.4, -0.2) is 12.1 Å². The fourth-order valence-corrected chi connectivity index (χ4v) is 1.55. The number of hydrogen-bond acceptors (Lipinski definition) is 4. The lowest BCUT2D eigenvalue weighted by Crippen LogP contribution is -2.00. The minimum Gasteiger partial charge on any atom is -0.497 e. The van der Waals surface area contributed by atoms with Gasteiger partial charge in [0.15, 0.2) is 5.82 Å². The zero-order valence-electron chi connectivity index (χ0n) is 9.90. The molecule has 0 atom stereocenters. The maximum Gasteiger partial charge on any atom is 0.153 e. The van der Waals surface area contributed by atoms with Crippen molar-refractivity contribution in [2.45, 2.75) is 6.92 Å². The van der Waals surface area contributed by atoms with Crippen molar-refractivity contribution in [3.05, 3.63) is 42.1 Å². The van der Waals surface area contributed by atoms with Crippen LogP contribution in [0.3, 0.4) is 0 Å². The van der Waals surface area contributed by atoms with Crippen molar-refractivity contribution in [3.63, 3.8) is 0 Å². The fraction of sp³-hybridized carbons (Fsp3) is 0.154. The third-order valence-electron chi connectivity index (χ3n) is 2.53. The summed E-state index contributed by atoms with van der Waals surface area (Å²) >= 11 is 0. The number of hydrogen-bond donors (Lipinski definition) is 2. The summed E-state index contributed by atoms with van der Waals surface area (Å²) in [6.07, 6.45) is 1.71. The van der Waals surface area contributed by atoms with Gasteiger partial charge in [-0.3, -0.25) is 0 Å². The molecule has 0 unspecified atom stereocenters. The molecule has 0 amide bonds. The van der Waals surface area contributed by atoms with Crippen molar-refractivity contribution in [2.75, 3.05) is 18.2 Å². The molecular formula is C13H15N3O. The Hall–Kier alpha value is -2.23. The smallest absolute Gasteiger partial charge is 0.153 e. The predicted molar refractivity (Wildman–Crippen MR) is 69.7 cm³/mol. The molecule has 0 spiro atoms. The van der Waals surface area contributed by atoms with Gasteiger partial charge in [0, 0.05) is 11.9 Å². The van der Waals surface area contributed by atoms with E-state index < -0.39 is 0 Å². The molecule has 0 saturated heterocycles. The van der Waals surface area contributed by atoms with Gasteiger partial charge in [-0.15, -0.1) is 0 Å². The van der Waals surface area contributed by atoms with Crippen LogP contribution in [0.15, 0.2) is 36.5 Å². The van der Waals surface area contributed by atoms with E-state index >= 15 is 0 Å². The predicted octanol–water partition coefficient (Wildman–Crippen LogP) is 2.72. The van der Waals surface area contributed by atoms with Crippen molar-refractivity contribution in [3.8, 4) is 5.75 Å². The summed E-state index contributed by atoms with van der Waals surface area (Å²) in [5, 5.41) is 3.20. The third kappa shape index (κ3) is 2.47. The monoisotopic (exact) mass is 229 g/mol. The van der Waals surface area contributed by atoms with Gasteiger partial charge in [-0.1, -0.05) is 0 Å². The van der Waals surface area contributed by atoms with E-state index in [1.807, 2.05) is 31.2 Å². The van der Waals surface area contributed by atoms with Gasteiger partial charge in [0.25, 0.3) is 0 Å². The van der Waals surface area contributed by atoms with E-state index in [9.17, 15) is 0 Å². The molecule has 0 aliphatic rings. The number of pyridine rings is 1. The second-order valence-corrected chi connectivity index (χ2v) is 3.75. The minimum absolute atomic E-state index is 0.628. The van der Waals surface area contributed by atoms with Gasteiger partial charge < -0.3 is 15.8 Å². The average molecular weight is 229 g/mol. The molecule has 1 aromatic heterocycles. The van der Waals surface area contributed by atoms with Gasteiger partial charge in [-0.05, 0) is 42.8 Å². The van der Waals surface area contributed by atoms with E-state index in [1.165, 1.54) is 0 Å². The van der Waals surface area contributed by atoms with E-state index in [0.29, 0.717) is 11.5 Å². The SMILES string of the molecule is COc1ccc(Nc2ncccc2N)c(C)c1. The van der Waals surface area contributed by atoms with Crippen LogP contribution in [0.2, 0.25) is 0 Å². The second-order valence-electron chi connectivity index (χ2n) is 3.75. The molecule has 0 aliphatic heterocycles. The molecule has 0 aliphatic carbocycles. The van der Waals surface area contributed by atoms with Gasteiger partial charge in [-0.2, -0.15) is 0 Å². The number of benzene rings is 1. The van der Waals surface area contributed by atoms with E-state index in [0.717, 1.165) is 17.0 Å². The molecule has 0 fully saturated rings. The molecule has 2 rings (SSSR count). The Bertz CT molecular complexity index is 526. The summed E-state index contributed by atoms with van der Waals surface area (Å²) in [4.78, 5) is 4.19. The summed E-state index contributed by atoms with van der Waals surface area (Å²) in [6, 6.07) is 9.42. The number of nitrogens with one attached hydrogen (secondary N) is 1. The standard InChI is InChI=1S/C13H15N3O/c1-9-8-10(17-2)5-6-12(9)16-13-11(14)4-3-7-15-13/h3-8H,14H2,1-2H3,(H,15,16). The highest BCUT2D eigenvalue weighted by molar-refractivity contribution is 5.70. The highest BCUT2D eigenvalue weighted by Crippen LogP contribution is 2.25. The average Bonchev–Trinajstić information content (AvgIpc) is 2.34. The van der Waals surface area contributed by atoms with E-state index in [1.54, 1.807) is 19.4 Å². The quantitative estimate of drug-likeness (QED) is 0.849. The Morgan fingerprint density at radius 2 is 2.12 bits per heavy atom. The highest BCUT2D eigenvalue weighted by Gasteiger charge is 2.03. The summed E-state index contributed by atoms with van der Waals surface area (Å²) in [5.74, 6) is 1.50. The molecule has 4 heteroatoms. The Kier molecular flexibility index (Phi) is 3.14. The molecule has 88 valence electrons. The molecule has 4 nitrogen and oxygen atoms in total. The van der Waals surface area contributed by atoms with Crippen molar-refractivity contribution >= 4 is 17.2 Å². The number of aromatic nitrogens is 1. The van der Waals surface area contributed by atoms with Gasteiger partial charge in [0.2, 0.25) is 0 Å². The molecule has 17 heavy (non-hydrogen) atoms. The Labute approximate surface area is 100 Å². The summed E-state index contributed by atoms with van der Waals surface area (Å²) in [6.45, 7) is 2.00. The Morgan fingerprint density at radius 1 is 1.29 bits per heavy atom. The van der Waals surface area contributed by atoms with Crippen molar-refractivity contribution < 1.29 is 4.74 Å². The first-order chi connectivity index (χ1) is 8.20. The van der Waals surface area contributed by atoms with Crippen LogP contribution >= 0.6 is 0 Å². The van der Waals surface area contributed by atoms with Crippen molar-refractivity contribution in [1.82, 2.24) is 4.98 Å². The number of anilines is 3. The number of methoxy groups -OCH3 is 1. The van der Waals surface area contributed by atoms with Crippen LogP contribution in [0.4, 0.5) is 17.2 Å². The second kappa shape index (κ2) is 4.74. The highest BCUT2D eigenvalue weighted by atomic mass is 16.5. The maximum absolute atomic E-state index is 5.82. The first-order valence-electron chi connectivity index (χ1n) is 5.33. The summed E-state index contributed by atoms with van der Waals surface area (Å²) in [7, 11) is 1.65. The number of aryl methyl sites for hydroxylation is 1.